The Balaban J connectivity index is 2.05. The fourth-order valence-electron chi connectivity index (χ4n) is 1.26. The zero-order valence-corrected chi connectivity index (χ0v) is 9.78. The Morgan fingerprint density at radius 1 is 1.62 bits per heavy atom. The normalized spacial score (nSPS) is 10.4. The fourth-order valence-corrected chi connectivity index (χ4v) is 1.85. The van der Waals surface area contributed by atoms with Gasteiger partial charge in [0, 0.05) is 12.4 Å². The number of aryl methyl sites for hydroxylation is 1. The monoisotopic (exact) mass is 237 g/mol. The molecule has 2 aromatic rings. The summed E-state index contributed by atoms with van der Waals surface area (Å²) in [6, 6.07) is 0. The van der Waals surface area contributed by atoms with Crippen molar-refractivity contribution in [3.63, 3.8) is 0 Å². The summed E-state index contributed by atoms with van der Waals surface area (Å²) >= 11 is 1.46. The second kappa shape index (κ2) is 4.40. The molecule has 0 saturated heterocycles. The highest BCUT2D eigenvalue weighted by Crippen LogP contribution is 2.10. The number of hydrogen-bond donors (Lipinski definition) is 1. The third-order valence-corrected chi connectivity index (χ3v) is 2.81. The molecule has 0 spiro atoms. The number of aromatic nitrogens is 4. The largest absolute Gasteiger partial charge is 0.333 e. The van der Waals surface area contributed by atoms with Gasteiger partial charge in [0.25, 0.3) is 5.91 Å². The van der Waals surface area contributed by atoms with Crippen LogP contribution >= 0.6 is 11.3 Å². The Morgan fingerprint density at radius 3 is 3.00 bits per heavy atom. The number of nitrogens with zero attached hydrogens (tertiary/aromatic N) is 4. The van der Waals surface area contributed by atoms with Gasteiger partial charge in [0.2, 0.25) is 0 Å². The van der Waals surface area contributed by atoms with E-state index in [-0.39, 0.29) is 5.91 Å². The average Bonchev–Trinajstić information content (AvgIpc) is 2.88. The van der Waals surface area contributed by atoms with Crippen LogP contribution in [0.5, 0.6) is 0 Å². The van der Waals surface area contributed by atoms with Gasteiger partial charge in [-0.25, -0.2) is 9.97 Å². The minimum atomic E-state index is -0.110. The molecule has 0 unspecified atom stereocenters. The summed E-state index contributed by atoms with van der Waals surface area (Å²) in [6.45, 7) is 2.27. The minimum absolute atomic E-state index is 0.110. The van der Waals surface area contributed by atoms with Crippen molar-refractivity contribution in [1.82, 2.24) is 25.1 Å². The van der Waals surface area contributed by atoms with Gasteiger partial charge in [-0.3, -0.25) is 9.89 Å². The van der Waals surface area contributed by atoms with E-state index < -0.39 is 0 Å². The van der Waals surface area contributed by atoms with Crippen LogP contribution in [-0.4, -0.2) is 38.0 Å². The van der Waals surface area contributed by atoms with Crippen molar-refractivity contribution < 1.29 is 4.79 Å². The third-order valence-electron chi connectivity index (χ3n) is 2.04. The summed E-state index contributed by atoms with van der Waals surface area (Å²) in [4.78, 5) is 21.5. The van der Waals surface area contributed by atoms with E-state index in [0.29, 0.717) is 18.1 Å². The van der Waals surface area contributed by atoms with E-state index in [1.807, 2.05) is 6.92 Å². The zero-order chi connectivity index (χ0) is 11.5. The number of aromatic amines is 1. The molecular formula is C9H11N5OS. The lowest BCUT2D eigenvalue weighted by atomic mass is 10.4. The minimum Gasteiger partial charge on any atom is -0.333 e. The van der Waals surface area contributed by atoms with Crippen LogP contribution in [0.1, 0.15) is 21.3 Å². The van der Waals surface area contributed by atoms with Gasteiger partial charge in [-0.2, -0.15) is 5.10 Å². The molecule has 1 amide bonds. The Bertz CT molecular complexity index is 478. The molecule has 0 fully saturated rings. The second-order valence-corrected chi connectivity index (χ2v) is 4.41. The Labute approximate surface area is 96.3 Å². The van der Waals surface area contributed by atoms with Gasteiger partial charge < -0.3 is 4.90 Å². The molecule has 7 heteroatoms. The molecule has 16 heavy (non-hydrogen) atoms. The van der Waals surface area contributed by atoms with E-state index >= 15 is 0 Å². The van der Waals surface area contributed by atoms with Crippen LogP contribution in [0, 0.1) is 6.92 Å². The highest BCUT2D eigenvalue weighted by Gasteiger charge is 2.15. The van der Waals surface area contributed by atoms with Crippen molar-refractivity contribution in [2.75, 3.05) is 7.05 Å². The maximum absolute atomic E-state index is 11.9. The molecule has 84 valence electrons. The molecule has 0 aromatic carbocycles. The molecule has 0 aliphatic heterocycles. The lowest BCUT2D eigenvalue weighted by Crippen LogP contribution is -2.27. The summed E-state index contributed by atoms with van der Waals surface area (Å²) in [5.74, 6) is 0.545. The Morgan fingerprint density at radius 2 is 2.44 bits per heavy atom. The molecule has 0 radical (unpaired) electrons. The molecule has 2 heterocycles. The molecule has 0 saturated carbocycles. The summed E-state index contributed by atoms with van der Waals surface area (Å²) in [7, 11) is 1.71. The van der Waals surface area contributed by atoms with Crippen LogP contribution in [0.25, 0.3) is 0 Å². The number of nitrogens with one attached hydrogen (secondary N) is 1. The van der Waals surface area contributed by atoms with E-state index in [1.165, 1.54) is 17.7 Å². The summed E-state index contributed by atoms with van der Waals surface area (Å²) in [5.41, 5.74) is 0.476. The first-order valence-corrected chi connectivity index (χ1v) is 5.56. The first-order valence-electron chi connectivity index (χ1n) is 4.68. The van der Waals surface area contributed by atoms with Crippen LogP contribution in [-0.2, 0) is 6.54 Å². The van der Waals surface area contributed by atoms with Crippen molar-refractivity contribution in [1.29, 1.82) is 0 Å². The zero-order valence-electron chi connectivity index (χ0n) is 8.97. The second-order valence-electron chi connectivity index (χ2n) is 3.35. The number of carbonyl (C=O) groups is 1. The van der Waals surface area contributed by atoms with Crippen LogP contribution in [0.3, 0.4) is 0 Å². The molecule has 0 bridgehead atoms. The van der Waals surface area contributed by atoms with Crippen molar-refractivity contribution in [3.05, 3.63) is 28.2 Å². The summed E-state index contributed by atoms with van der Waals surface area (Å²) in [6.07, 6.45) is 1.42. The molecule has 0 aliphatic rings. The van der Waals surface area contributed by atoms with Crippen LogP contribution in [0.4, 0.5) is 0 Å². The lowest BCUT2D eigenvalue weighted by Gasteiger charge is -2.13. The molecule has 2 aromatic heterocycles. The molecular weight excluding hydrogens is 226 g/mol. The smallest absolute Gasteiger partial charge is 0.273 e. The van der Waals surface area contributed by atoms with Gasteiger partial charge in [-0.1, -0.05) is 0 Å². The van der Waals surface area contributed by atoms with Gasteiger partial charge in [0.15, 0.2) is 0 Å². The van der Waals surface area contributed by atoms with E-state index in [4.69, 9.17) is 0 Å². The number of carbonyl (C=O) groups excluding carboxylic acids is 1. The number of hydrogen-bond acceptors (Lipinski definition) is 5. The van der Waals surface area contributed by atoms with Gasteiger partial charge in [0.05, 0.1) is 11.6 Å². The van der Waals surface area contributed by atoms with Crippen molar-refractivity contribution in [3.8, 4) is 0 Å². The number of amides is 1. The van der Waals surface area contributed by atoms with Gasteiger partial charge in [0.1, 0.15) is 17.8 Å². The summed E-state index contributed by atoms with van der Waals surface area (Å²) < 4.78 is 0. The Hall–Kier alpha value is -1.76. The van der Waals surface area contributed by atoms with Crippen molar-refractivity contribution in [2.24, 2.45) is 0 Å². The quantitative estimate of drug-likeness (QED) is 0.858. The maximum atomic E-state index is 11.9. The predicted molar refractivity (Wildman–Crippen MR) is 59.0 cm³/mol. The molecule has 2 rings (SSSR count). The summed E-state index contributed by atoms with van der Waals surface area (Å²) in [5, 5.41) is 9.07. The Kier molecular flexibility index (Phi) is 2.95. The topological polar surface area (TPSA) is 74.8 Å². The number of H-pyrrole nitrogens is 1. The lowest BCUT2D eigenvalue weighted by molar-refractivity contribution is 0.0776. The average molecular weight is 237 g/mol. The molecule has 1 N–H and O–H groups in total. The van der Waals surface area contributed by atoms with Crippen LogP contribution in [0.2, 0.25) is 0 Å². The van der Waals surface area contributed by atoms with Crippen molar-refractivity contribution in [2.45, 2.75) is 13.5 Å². The van der Waals surface area contributed by atoms with Crippen molar-refractivity contribution >= 4 is 17.2 Å². The number of rotatable bonds is 3. The fraction of sp³-hybridized carbons (Fsp3) is 0.333. The molecule has 6 nitrogen and oxygen atoms in total. The highest BCUT2D eigenvalue weighted by molar-refractivity contribution is 7.09. The molecule has 0 aliphatic carbocycles. The SMILES string of the molecule is Cc1nc(C(=O)N(C)Cc2ncn[nH]2)cs1. The first kappa shape index (κ1) is 10.7. The standard InChI is InChI=1S/C9H11N5OS/c1-6-12-7(4-16-6)9(15)14(2)3-8-10-5-11-13-8/h4-5H,3H2,1-2H3,(H,10,11,13). The van der Waals surface area contributed by atoms with Crippen LogP contribution < -0.4 is 0 Å². The molecule has 0 atom stereocenters. The van der Waals surface area contributed by atoms with Gasteiger partial charge >= 0.3 is 0 Å². The number of thiazole rings is 1. The van der Waals surface area contributed by atoms with E-state index in [2.05, 4.69) is 20.2 Å². The van der Waals surface area contributed by atoms with E-state index in [9.17, 15) is 4.79 Å². The van der Waals surface area contributed by atoms with Gasteiger partial charge in [-0.15, -0.1) is 11.3 Å². The predicted octanol–water partition coefficient (Wildman–Crippen LogP) is 0.842. The van der Waals surface area contributed by atoms with Crippen LogP contribution in [0.15, 0.2) is 11.7 Å². The first-order chi connectivity index (χ1) is 7.66. The third kappa shape index (κ3) is 2.25. The van der Waals surface area contributed by atoms with E-state index in [0.717, 1.165) is 5.01 Å². The van der Waals surface area contributed by atoms with E-state index in [1.54, 1.807) is 17.3 Å². The maximum Gasteiger partial charge on any atom is 0.273 e. The van der Waals surface area contributed by atoms with Gasteiger partial charge in [-0.05, 0) is 6.92 Å². The highest BCUT2D eigenvalue weighted by atomic mass is 32.1.